The first kappa shape index (κ1) is 17.9. The molecule has 0 bridgehead atoms. The summed E-state index contributed by atoms with van der Waals surface area (Å²) >= 11 is 6.14. The minimum atomic E-state index is -0.316. The summed E-state index contributed by atoms with van der Waals surface area (Å²) in [6, 6.07) is 10.8. The molecule has 0 aliphatic carbocycles. The molecule has 2 aromatic carbocycles. The molecule has 0 fully saturated rings. The maximum Gasteiger partial charge on any atom is 0.262 e. The molecule has 0 saturated heterocycles. The molecule has 0 atom stereocenters. The van der Waals surface area contributed by atoms with Gasteiger partial charge in [0.2, 0.25) is 0 Å². The van der Waals surface area contributed by atoms with Gasteiger partial charge in [-0.15, -0.1) is 0 Å². The Morgan fingerprint density at radius 2 is 1.71 bits per heavy atom. The topological polar surface area (TPSA) is 56.8 Å². The second-order valence-electron chi connectivity index (χ2n) is 5.02. The van der Waals surface area contributed by atoms with Crippen molar-refractivity contribution >= 4 is 23.2 Å². The number of carbonyl (C=O) groups excluding carboxylic acids is 1. The third-order valence-electron chi connectivity index (χ3n) is 3.45. The van der Waals surface area contributed by atoms with Crippen LogP contribution >= 0.6 is 11.6 Å². The average Bonchev–Trinajstić information content (AvgIpc) is 2.61. The van der Waals surface area contributed by atoms with Crippen LogP contribution < -0.4 is 19.5 Å². The second kappa shape index (κ2) is 8.45. The fraction of sp³-hybridized carbons (Fsp3) is 0.278. The molecule has 5 nitrogen and oxygen atoms in total. The number of amides is 1. The van der Waals surface area contributed by atoms with Gasteiger partial charge in [-0.1, -0.05) is 30.7 Å². The van der Waals surface area contributed by atoms with Crippen LogP contribution in [0.2, 0.25) is 5.02 Å². The van der Waals surface area contributed by atoms with Crippen molar-refractivity contribution in [3.05, 3.63) is 47.0 Å². The molecule has 0 unspecified atom stereocenters. The van der Waals surface area contributed by atoms with Crippen molar-refractivity contribution in [2.24, 2.45) is 0 Å². The smallest absolute Gasteiger partial charge is 0.262 e. The lowest BCUT2D eigenvalue weighted by atomic mass is 10.2. The van der Waals surface area contributed by atoms with Crippen molar-refractivity contribution in [3.63, 3.8) is 0 Å². The Morgan fingerprint density at radius 3 is 2.29 bits per heavy atom. The van der Waals surface area contributed by atoms with Crippen molar-refractivity contribution in [3.8, 4) is 17.2 Å². The van der Waals surface area contributed by atoms with Crippen LogP contribution in [0.4, 0.5) is 5.69 Å². The highest BCUT2D eigenvalue weighted by Crippen LogP contribution is 2.35. The number of anilines is 1. The van der Waals surface area contributed by atoms with Gasteiger partial charge in [-0.3, -0.25) is 4.79 Å². The normalized spacial score (nSPS) is 10.2. The Kier molecular flexibility index (Phi) is 6.32. The van der Waals surface area contributed by atoms with E-state index in [1.165, 1.54) is 19.8 Å². The Labute approximate surface area is 146 Å². The van der Waals surface area contributed by atoms with Crippen LogP contribution in [0.5, 0.6) is 17.2 Å². The molecule has 0 aliphatic heterocycles. The molecule has 0 aliphatic rings. The summed E-state index contributed by atoms with van der Waals surface area (Å²) < 4.78 is 15.8. The van der Waals surface area contributed by atoms with Crippen LogP contribution in [0.1, 0.15) is 12.5 Å². The van der Waals surface area contributed by atoms with E-state index < -0.39 is 0 Å². The number of hydrogen-bond acceptors (Lipinski definition) is 4. The van der Waals surface area contributed by atoms with Crippen LogP contribution in [-0.2, 0) is 11.2 Å². The van der Waals surface area contributed by atoms with Crippen molar-refractivity contribution in [2.75, 3.05) is 26.1 Å². The SMILES string of the molecule is CCc1ccc(OCC(=O)Nc2cc(OC)c(OC)cc2Cl)cc1. The Balaban J connectivity index is 1.98. The molecular formula is C18H20ClNO4. The quantitative estimate of drug-likeness (QED) is 0.822. The maximum atomic E-state index is 12.0. The van der Waals surface area contributed by atoms with Gasteiger partial charge in [0.25, 0.3) is 5.91 Å². The van der Waals surface area contributed by atoms with Crippen LogP contribution in [0.15, 0.2) is 36.4 Å². The van der Waals surface area contributed by atoms with E-state index in [0.29, 0.717) is 28.0 Å². The van der Waals surface area contributed by atoms with E-state index in [9.17, 15) is 4.79 Å². The first-order chi connectivity index (χ1) is 11.6. The number of ether oxygens (including phenoxy) is 3. The third-order valence-corrected chi connectivity index (χ3v) is 3.76. The molecule has 0 spiro atoms. The van der Waals surface area contributed by atoms with Crippen LogP contribution in [0.3, 0.4) is 0 Å². The summed E-state index contributed by atoms with van der Waals surface area (Å²) in [5.41, 5.74) is 1.65. The molecule has 0 heterocycles. The molecule has 0 aromatic heterocycles. The van der Waals surface area contributed by atoms with Crippen LogP contribution in [-0.4, -0.2) is 26.7 Å². The second-order valence-corrected chi connectivity index (χ2v) is 5.43. The van der Waals surface area contributed by atoms with E-state index in [4.69, 9.17) is 25.8 Å². The summed E-state index contributed by atoms with van der Waals surface area (Å²) in [5, 5.41) is 3.05. The summed E-state index contributed by atoms with van der Waals surface area (Å²) in [7, 11) is 3.03. The number of aryl methyl sites for hydroxylation is 1. The van der Waals surface area contributed by atoms with Gasteiger partial charge in [0.15, 0.2) is 18.1 Å². The van der Waals surface area contributed by atoms with Crippen molar-refractivity contribution in [1.82, 2.24) is 0 Å². The zero-order valence-electron chi connectivity index (χ0n) is 13.9. The van der Waals surface area contributed by atoms with Crippen molar-refractivity contribution in [1.29, 1.82) is 0 Å². The predicted molar refractivity (Wildman–Crippen MR) is 94.5 cm³/mol. The van der Waals surface area contributed by atoms with Gasteiger partial charge in [0.1, 0.15) is 5.75 Å². The average molecular weight is 350 g/mol. The van der Waals surface area contributed by atoms with Crippen LogP contribution in [0, 0.1) is 0 Å². The molecule has 2 aromatic rings. The Morgan fingerprint density at radius 1 is 1.08 bits per heavy atom. The number of methoxy groups -OCH3 is 2. The van der Waals surface area contributed by atoms with E-state index in [0.717, 1.165) is 6.42 Å². The van der Waals surface area contributed by atoms with E-state index in [2.05, 4.69) is 12.2 Å². The number of rotatable bonds is 7. The minimum absolute atomic E-state index is 0.115. The monoisotopic (exact) mass is 349 g/mol. The van der Waals surface area contributed by atoms with Gasteiger partial charge in [-0.25, -0.2) is 0 Å². The predicted octanol–water partition coefficient (Wildman–Crippen LogP) is 3.94. The van der Waals surface area contributed by atoms with Crippen LogP contribution in [0.25, 0.3) is 0 Å². The number of nitrogens with one attached hydrogen (secondary N) is 1. The molecule has 1 N–H and O–H groups in total. The standard InChI is InChI=1S/C18H20ClNO4/c1-4-12-5-7-13(8-6-12)24-11-18(21)20-15-10-17(23-3)16(22-2)9-14(15)19/h5-10H,4,11H2,1-3H3,(H,20,21). The Bertz CT molecular complexity index is 701. The first-order valence-electron chi connectivity index (χ1n) is 7.50. The lowest BCUT2D eigenvalue weighted by Crippen LogP contribution is -2.20. The van der Waals surface area contributed by atoms with E-state index in [1.54, 1.807) is 12.1 Å². The van der Waals surface area contributed by atoms with E-state index in [1.807, 2.05) is 24.3 Å². The molecule has 24 heavy (non-hydrogen) atoms. The Hall–Kier alpha value is -2.40. The van der Waals surface area contributed by atoms with Gasteiger partial charge in [0, 0.05) is 12.1 Å². The van der Waals surface area contributed by atoms with Crippen molar-refractivity contribution in [2.45, 2.75) is 13.3 Å². The van der Waals surface area contributed by atoms with E-state index in [-0.39, 0.29) is 12.5 Å². The molecule has 6 heteroatoms. The number of benzene rings is 2. The highest BCUT2D eigenvalue weighted by Gasteiger charge is 2.12. The zero-order valence-corrected chi connectivity index (χ0v) is 14.6. The van der Waals surface area contributed by atoms with Gasteiger partial charge in [-0.05, 0) is 24.1 Å². The first-order valence-corrected chi connectivity index (χ1v) is 7.88. The van der Waals surface area contributed by atoms with Gasteiger partial charge < -0.3 is 19.5 Å². The number of hydrogen-bond donors (Lipinski definition) is 1. The maximum absolute atomic E-state index is 12.0. The molecule has 0 saturated carbocycles. The number of halogens is 1. The van der Waals surface area contributed by atoms with E-state index >= 15 is 0 Å². The fourth-order valence-corrected chi connectivity index (χ4v) is 2.31. The fourth-order valence-electron chi connectivity index (χ4n) is 2.11. The molecule has 2 rings (SSSR count). The summed E-state index contributed by atoms with van der Waals surface area (Å²) in [4.78, 5) is 12.0. The molecule has 0 radical (unpaired) electrons. The lowest BCUT2D eigenvalue weighted by molar-refractivity contribution is -0.118. The summed E-state index contributed by atoms with van der Waals surface area (Å²) in [6.45, 7) is 1.96. The van der Waals surface area contributed by atoms with Gasteiger partial charge >= 0.3 is 0 Å². The van der Waals surface area contributed by atoms with Crippen molar-refractivity contribution < 1.29 is 19.0 Å². The lowest BCUT2D eigenvalue weighted by Gasteiger charge is -2.13. The number of carbonyl (C=O) groups is 1. The highest BCUT2D eigenvalue weighted by atomic mass is 35.5. The third kappa shape index (κ3) is 4.55. The minimum Gasteiger partial charge on any atom is -0.493 e. The highest BCUT2D eigenvalue weighted by molar-refractivity contribution is 6.34. The summed E-state index contributed by atoms with van der Waals surface area (Å²) in [6.07, 6.45) is 0.957. The van der Waals surface area contributed by atoms with Gasteiger partial charge in [-0.2, -0.15) is 0 Å². The zero-order chi connectivity index (χ0) is 17.5. The van der Waals surface area contributed by atoms with Gasteiger partial charge in [0.05, 0.1) is 24.9 Å². The molecular weight excluding hydrogens is 330 g/mol. The largest absolute Gasteiger partial charge is 0.493 e. The summed E-state index contributed by atoms with van der Waals surface area (Å²) in [5.74, 6) is 1.30. The molecule has 1 amide bonds. The molecule has 128 valence electrons.